The molecule has 2 rings (SSSR count). The molecule has 2 N–H and O–H groups in total. The van der Waals surface area contributed by atoms with Gasteiger partial charge in [0.25, 0.3) is 0 Å². The van der Waals surface area contributed by atoms with Crippen LogP contribution in [0.15, 0.2) is 24.3 Å². The Kier molecular flexibility index (Phi) is 5.31. The first-order valence-corrected chi connectivity index (χ1v) is 8.41. The second-order valence-electron chi connectivity index (χ2n) is 5.58. The van der Waals surface area contributed by atoms with E-state index in [-0.39, 0.29) is 11.9 Å². The third-order valence-electron chi connectivity index (χ3n) is 4.10. The van der Waals surface area contributed by atoms with Crippen LogP contribution in [0.5, 0.6) is 0 Å². The highest BCUT2D eigenvalue weighted by atomic mass is 32.2. The first-order chi connectivity index (χ1) is 9.17. The van der Waals surface area contributed by atoms with Gasteiger partial charge >= 0.3 is 0 Å². The summed E-state index contributed by atoms with van der Waals surface area (Å²) in [6.07, 6.45) is 4.71. The topological polar surface area (TPSA) is 32.3 Å². The van der Waals surface area contributed by atoms with Crippen molar-refractivity contribution >= 4 is 11.8 Å². The lowest BCUT2D eigenvalue weighted by Crippen LogP contribution is -2.40. The molecule has 0 spiro atoms. The number of rotatable bonds is 7. The van der Waals surface area contributed by atoms with Crippen LogP contribution >= 0.6 is 11.8 Å². The van der Waals surface area contributed by atoms with E-state index in [9.17, 15) is 5.11 Å². The second kappa shape index (κ2) is 6.78. The van der Waals surface area contributed by atoms with E-state index in [1.165, 1.54) is 24.0 Å². The first kappa shape index (κ1) is 14.9. The fraction of sp³-hybridized carbons (Fsp3) is 0.625. The van der Waals surface area contributed by atoms with Crippen LogP contribution in [0.2, 0.25) is 0 Å². The van der Waals surface area contributed by atoms with Crippen molar-refractivity contribution in [1.29, 1.82) is 0 Å². The van der Waals surface area contributed by atoms with Crippen molar-refractivity contribution in [2.24, 2.45) is 5.92 Å². The van der Waals surface area contributed by atoms with E-state index in [0.717, 1.165) is 5.92 Å². The van der Waals surface area contributed by atoms with E-state index < -0.39 is 0 Å². The van der Waals surface area contributed by atoms with Crippen LogP contribution in [0, 0.1) is 12.8 Å². The molecular formula is C16H25NOS. The summed E-state index contributed by atoms with van der Waals surface area (Å²) >= 11 is 1.74. The van der Waals surface area contributed by atoms with Gasteiger partial charge in [-0.1, -0.05) is 24.3 Å². The zero-order valence-corrected chi connectivity index (χ0v) is 12.9. The van der Waals surface area contributed by atoms with Gasteiger partial charge in [-0.15, -0.1) is 0 Å². The largest absolute Gasteiger partial charge is 0.395 e. The average Bonchev–Trinajstić information content (AvgIpc) is 3.23. The standard InChI is InChI=1S/C16H25NOS/c1-11-6-4-5-7-14(11)16(13-8-9-13)17-12(2)15(10-18)19-3/h4-7,12-13,15-18H,8-10H2,1-3H3. The second-order valence-corrected chi connectivity index (χ2v) is 6.66. The maximum atomic E-state index is 9.43. The van der Waals surface area contributed by atoms with Crippen molar-refractivity contribution in [1.82, 2.24) is 5.32 Å². The fourth-order valence-electron chi connectivity index (χ4n) is 2.67. The van der Waals surface area contributed by atoms with E-state index in [2.05, 4.69) is 49.7 Å². The van der Waals surface area contributed by atoms with Gasteiger partial charge in [-0.2, -0.15) is 11.8 Å². The molecule has 0 amide bonds. The molecule has 3 unspecified atom stereocenters. The Bertz CT molecular complexity index is 401. The fourth-order valence-corrected chi connectivity index (χ4v) is 3.31. The van der Waals surface area contributed by atoms with Gasteiger partial charge in [-0.3, -0.25) is 0 Å². The summed E-state index contributed by atoms with van der Waals surface area (Å²) in [5.74, 6) is 0.768. The maximum Gasteiger partial charge on any atom is 0.0564 e. The summed E-state index contributed by atoms with van der Waals surface area (Å²) in [6.45, 7) is 4.61. The third kappa shape index (κ3) is 3.74. The highest BCUT2D eigenvalue weighted by Crippen LogP contribution is 2.42. The molecule has 3 atom stereocenters. The van der Waals surface area contributed by atoms with Crippen molar-refractivity contribution in [3.63, 3.8) is 0 Å². The predicted molar refractivity (Wildman–Crippen MR) is 83.6 cm³/mol. The van der Waals surface area contributed by atoms with Gasteiger partial charge in [0.05, 0.1) is 6.61 Å². The van der Waals surface area contributed by atoms with Crippen LogP contribution in [0.1, 0.15) is 36.9 Å². The normalized spacial score (nSPS) is 20.0. The molecule has 106 valence electrons. The molecule has 1 aliphatic carbocycles. The van der Waals surface area contributed by atoms with Gasteiger partial charge in [-0.05, 0) is 50.0 Å². The zero-order chi connectivity index (χ0) is 13.8. The van der Waals surface area contributed by atoms with Crippen LogP contribution in [0.25, 0.3) is 0 Å². The van der Waals surface area contributed by atoms with Crippen molar-refractivity contribution in [2.45, 2.75) is 44.0 Å². The SMILES string of the molecule is CSC(CO)C(C)NC(c1ccccc1C)C1CC1. The minimum Gasteiger partial charge on any atom is -0.395 e. The van der Waals surface area contributed by atoms with Crippen molar-refractivity contribution < 1.29 is 5.11 Å². The van der Waals surface area contributed by atoms with E-state index >= 15 is 0 Å². The van der Waals surface area contributed by atoms with E-state index in [0.29, 0.717) is 12.1 Å². The Morgan fingerprint density at radius 2 is 2.05 bits per heavy atom. The Balaban J connectivity index is 2.11. The smallest absolute Gasteiger partial charge is 0.0564 e. The monoisotopic (exact) mass is 279 g/mol. The van der Waals surface area contributed by atoms with Crippen LogP contribution in [-0.2, 0) is 0 Å². The molecule has 0 aliphatic heterocycles. The summed E-state index contributed by atoms with van der Waals surface area (Å²) in [4.78, 5) is 0. The van der Waals surface area contributed by atoms with Crippen LogP contribution in [0.4, 0.5) is 0 Å². The maximum absolute atomic E-state index is 9.43. The van der Waals surface area contributed by atoms with Crippen LogP contribution in [-0.4, -0.2) is 29.3 Å². The highest BCUT2D eigenvalue weighted by molar-refractivity contribution is 7.99. The van der Waals surface area contributed by atoms with E-state index in [4.69, 9.17) is 0 Å². The molecule has 1 saturated carbocycles. The minimum atomic E-state index is 0.237. The lowest BCUT2D eigenvalue weighted by molar-refractivity contribution is 0.267. The number of thioether (sulfide) groups is 1. The van der Waals surface area contributed by atoms with E-state index in [1.807, 2.05) is 0 Å². The van der Waals surface area contributed by atoms with Crippen LogP contribution < -0.4 is 5.32 Å². The van der Waals surface area contributed by atoms with Gasteiger partial charge in [-0.25, -0.2) is 0 Å². The molecule has 1 aromatic carbocycles. The number of nitrogens with one attached hydrogen (secondary N) is 1. The summed E-state index contributed by atoms with van der Waals surface area (Å²) in [5.41, 5.74) is 2.79. The summed E-state index contributed by atoms with van der Waals surface area (Å²) in [7, 11) is 0. The predicted octanol–water partition coefficient (Wildman–Crippen LogP) is 3.15. The molecule has 0 heterocycles. The van der Waals surface area contributed by atoms with Gasteiger partial charge in [0.15, 0.2) is 0 Å². The summed E-state index contributed by atoms with van der Waals surface area (Å²) < 4.78 is 0. The Morgan fingerprint density at radius 1 is 1.37 bits per heavy atom. The van der Waals surface area contributed by atoms with Crippen molar-refractivity contribution in [3.05, 3.63) is 35.4 Å². The molecule has 0 aromatic heterocycles. The number of hydrogen-bond donors (Lipinski definition) is 2. The number of hydrogen-bond acceptors (Lipinski definition) is 3. The first-order valence-electron chi connectivity index (χ1n) is 7.12. The lowest BCUT2D eigenvalue weighted by atomic mass is 9.96. The number of benzene rings is 1. The van der Waals surface area contributed by atoms with Gasteiger partial charge in [0.2, 0.25) is 0 Å². The minimum absolute atomic E-state index is 0.237. The molecule has 1 aromatic rings. The third-order valence-corrected chi connectivity index (χ3v) is 5.26. The Morgan fingerprint density at radius 3 is 2.58 bits per heavy atom. The van der Waals surface area contributed by atoms with Crippen molar-refractivity contribution in [2.75, 3.05) is 12.9 Å². The molecule has 0 radical (unpaired) electrons. The molecule has 3 heteroatoms. The van der Waals surface area contributed by atoms with Crippen molar-refractivity contribution in [3.8, 4) is 0 Å². The number of aliphatic hydroxyl groups is 1. The molecular weight excluding hydrogens is 254 g/mol. The Labute approximate surface area is 121 Å². The highest BCUT2D eigenvalue weighted by Gasteiger charge is 2.34. The van der Waals surface area contributed by atoms with Gasteiger partial charge in [0, 0.05) is 17.3 Å². The molecule has 2 nitrogen and oxygen atoms in total. The molecule has 0 saturated heterocycles. The quantitative estimate of drug-likeness (QED) is 0.804. The molecule has 19 heavy (non-hydrogen) atoms. The number of aliphatic hydroxyl groups excluding tert-OH is 1. The molecule has 0 bridgehead atoms. The Hall–Kier alpha value is -0.510. The summed E-state index contributed by atoms with van der Waals surface area (Å²) in [6, 6.07) is 9.43. The number of aryl methyl sites for hydroxylation is 1. The molecule has 1 aliphatic rings. The van der Waals surface area contributed by atoms with Gasteiger partial charge in [0.1, 0.15) is 0 Å². The van der Waals surface area contributed by atoms with Gasteiger partial charge < -0.3 is 10.4 Å². The average molecular weight is 279 g/mol. The lowest BCUT2D eigenvalue weighted by Gasteiger charge is -2.28. The van der Waals surface area contributed by atoms with E-state index in [1.54, 1.807) is 11.8 Å². The zero-order valence-electron chi connectivity index (χ0n) is 12.1. The molecule has 1 fully saturated rings. The van der Waals surface area contributed by atoms with Crippen LogP contribution in [0.3, 0.4) is 0 Å². The summed E-state index contributed by atoms with van der Waals surface area (Å²) in [5, 5.41) is 13.5.